The van der Waals surface area contributed by atoms with Gasteiger partial charge in [0.1, 0.15) is 11.9 Å². The fourth-order valence-corrected chi connectivity index (χ4v) is 5.54. The van der Waals surface area contributed by atoms with Crippen LogP contribution in [0.15, 0.2) is 48.8 Å². The Labute approximate surface area is 200 Å². The second kappa shape index (κ2) is 10.0. The van der Waals surface area contributed by atoms with Crippen molar-refractivity contribution in [2.24, 2.45) is 5.92 Å². The van der Waals surface area contributed by atoms with Crippen molar-refractivity contribution >= 4 is 22.8 Å². The van der Waals surface area contributed by atoms with Crippen LogP contribution >= 0.6 is 0 Å². The summed E-state index contributed by atoms with van der Waals surface area (Å²) in [7, 11) is 0. The van der Waals surface area contributed by atoms with Gasteiger partial charge in [-0.15, -0.1) is 0 Å². The first kappa shape index (κ1) is 22.7. The maximum atomic E-state index is 13.5. The third-order valence-corrected chi connectivity index (χ3v) is 7.16. The summed E-state index contributed by atoms with van der Waals surface area (Å²) in [5.41, 5.74) is 4.08. The molecule has 1 N–H and O–H groups in total. The summed E-state index contributed by atoms with van der Waals surface area (Å²) < 4.78 is 21.6. The van der Waals surface area contributed by atoms with Crippen molar-refractivity contribution in [3.63, 3.8) is 0 Å². The minimum atomic E-state index is -0.376. The van der Waals surface area contributed by atoms with Crippen LogP contribution in [0.25, 0.3) is 11.0 Å². The molecular formula is C27H33FN4O2. The van der Waals surface area contributed by atoms with Crippen LogP contribution in [0.1, 0.15) is 44.6 Å². The number of hydrogen-bond donors (Lipinski definition) is 1. The Kier molecular flexibility index (Phi) is 6.70. The Hall–Kier alpha value is -3.09. The molecule has 0 radical (unpaired) electrons. The van der Waals surface area contributed by atoms with E-state index in [1.807, 2.05) is 37.5 Å². The molecule has 1 fully saturated rings. The predicted octanol–water partition coefficient (Wildman–Crippen LogP) is 5.30. The van der Waals surface area contributed by atoms with Crippen LogP contribution < -0.4 is 10.2 Å². The molecule has 1 aliphatic heterocycles. The highest BCUT2D eigenvalue weighted by Crippen LogP contribution is 2.30. The van der Waals surface area contributed by atoms with Crippen molar-refractivity contribution in [2.75, 3.05) is 18.0 Å². The van der Waals surface area contributed by atoms with E-state index < -0.39 is 0 Å². The lowest BCUT2D eigenvalue weighted by Gasteiger charge is -2.26. The zero-order chi connectivity index (χ0) is 23.5. The number of amides is 1. The summed E-state index contributed by atoms with van der Waals surface area (Å²) in [6, 6.07) is 12.9. The minimum Gasteiger partial charge on any atom is -0.444 e. The molecular weight excluding hydrogens is 431 g/mol. The van der Waals surface area contributed by atoms with Gasteiger partial charge in [0.2, 0.25) is 0 Å². The maximum absolute atomic E-state index is 13.5. The molecule has 0 unspecified atom stereocenters. The zero-order valence-corrected chi connectivity index (χ0v) is 19.8. The number of benzene rings is 2. The summed E-state index contributed by atoms with van der Waals surface area (Å²) in [5.74, 6) is 0.404. The van der Waals surface area contributed by atoms with Gasteiger partial charge in [-0.25, -0.2) is 14.2 Å². The average molecular weight is 465 g/mol. The minimum absolute atomic E-state index is 0.0929. The SMILES string of the molecule is C[C@@H](CN1CCc2cc(F)ccc21)NC(=O)O[C@H](CC1CCCC1)Cn1cnc2ccccc21. The average Bonchev–Trinajstić information content (AvgIpc) is 3.55. The topological polar surface area (TPSA) is 59.4 Å². The number of nitrogens with zero attached hydrogens (tertiary/aromatic N) is 3. The van der Waals surface area contributed by atoms with Crippen LogP contribution in [0.3, 0.4) is 0 Å². The Morgan fingerprint density at radius 3 is 2.88 bits per heavy atom. The molecule has 6 nitrogen and oxygen atoms in total. The monoisotopic (exact) mass is 464 g/mol. The van der Waals surface area contributed by atoms with Gasteiger partial charge in [0, 0.05) is 24.8 Å². The molecule has 2 aliphatic rings. The lowest BCUT2D eigenvalue weighted by molar-refractivity contribution is 0.0711. The van der Waals surface area contributed by atoms with Crippen molar-refractivity contribution in [2.45, 2.75) is 64.1 Å². The molecule has 2 aromatic carbocycles. The molecule has 1 saturated carbocycles. The molecule has 2 heterocycles. The summed E-state index contributed by atoms with van der Waals surface area (Å²) in [5, 5.41) is 3.02. The summed E-state index contributed by atoms with van der Waals surface area (Å²) >= 11 is 0. The normalized spacial score (nSPS) is 17.6. The van der Waals surface area contributed by atoms with Crippen LogP contribution in [-0.2, 0) is 17.7 Å². The largest absolute Gasteiger partial charge is 0.444 e. The molecule has 180 valence electrons. The van der Waals surface area contributed by atoms with Gasteiger partial charge in [-0.2, -0.15) is 0 Å². The smallest absolute Gasteiger partial charge is 0.407 e. The number of hydrogen-bond acceptors (Lipinski definition) is 4. The van der Waals surface area contributed by atoms with E-state index in [1.165, 1.54) is 31.7 Å². The van der Waals surface area contributed by atoms with Gasteiger partial charge in [0.05, 0.1) is 23.9 Å². The Balaban J connectivity index is 1.21. The number of carbonyl (C=O) groups excluding carboxylic acids is 1. The van der Waals surface area contributed by atoms with Gasteiger partial charge in [-0.05, 0) is 61.6 Å². The second-order valence-electron chi connectivity index (χ2n) is 9.81. The number of imidazole rings is 1. The first-order valence-corrected chi connectivity index (χ1v) is 12.5. The van der Waals surface area contributed by atoms with Gasteiger partial charge < -0.3 is 19.5 Å². The molecule has 0 saturated heterocycles. The first-order valence-electron chi connectivity index (χ1n) is 12.5. The van der Waals surface area contributed by atoms with Crippen LogP contribution in [-0.4, -0.2) is 40.9 Å². The van der Waals surface area contributed by atoms with Gasteiger partial charge in [-0.3, -0.25) is 0 Å². The summed E-state index contributed by atoms with van der Waals surface area (Å²) in [6.45, 7) is 4.08. The van der Waals surface area contributed by atoms with Gasteiger partial charge in [-0.1, -0.05) is 37.8 Å². The number of alkyl carbamates (subject to hydrolysis) is 1. The molecule has 2 atom stereocenters. The van der Waals surface area contributed by atoms with Crippen molar-refractivity contribution in [1.29, 1.82) is 0 Å². The molecule has 0 spiro atoms. The molecule has 1 aliphatic carbocycles. The fourth-order valence-electron chi connectivity index (χ4n) is 5.54. The molecule has 0 bridgehead atoms. The van der Waals surface area contributed by atoms with Crippen LogP contribution in [0.5, 0.6) is 0 Å². The quantitative estimate of drug-likeness (QED) is 0.491. The molecule has 34 heavy (non-hydrogen) atoms. The van der Waals surface area contributed by atoms with Gasteiger partial charge >= 0.3 is 6.09 Å². The Bertz CT molecular complexity index is 1140. The lowest BCUT2D eigenvalue weighted by Crippen LogP contribution is -2.43. The van der Waals surface area contributed by atoms with Crippen molar-refractivity contribution < 1.29 is 13.9 Å². The number of fused-ring (bicyclic) bond motifs is 2. The highest BCUT2D eigenvalue weighted by atomic mass is 19.1. The van der Waals surface area contributed by atoms with Crippen molar-refractivity contribution in [3.8, 4) is 0 Å². The maximum Gasteiger partial charge on any atom is 0.407 e. The molecule has 1 amide bonds. The number of para-hydroxylation sites is 2. The Morgan fingerprint density at radius 2 is 2.03 bits per heavy atom. The number of nitrogens with one attached hydrogen (secondary N) is 1. The van der Waals surface area contributed by atoms with Gasteiger partial charge in [0.25, 0.3) is 0 Å². The zero-order valence-electron chi connectivity index (χ0n) is 19.8. The number of carbonyl (C=O) groups is 1. The van der Waals surface area contributed by atoms with Crippen molar-refractivity contribution in [1.82, 2.24) is 14.9 Å². The summed E-state index contributed by atoms with van der Waals surface area (Å²) in [4.78, 5) is 19.6. The van der Waals surface area contributed by atoms with E-state index >= 15 is 0 Å². The molecule has 1 aromatic heterocycles. The molecule has 5 rings (SSSR count). The number of anilines is 1. The van der Waals surface area contributed by atoms with E-state index in [0.717, 1.165) is 41.7 Å². The number of ether oxygens (including phenoxy) is 1. The van der Waals surface area contributed by atoms with E-state index in [2.05, 4.69) is 25.8 Å². The van der Waals surface area contributed by atoms with E-state index in [9.17, 15) is 9.18 Å². The van der Waals surface area contributed by atoms with Crippen LogP contribution in [0.2, 0.25) is 0 Å². The second-order valence-corrected chi connectivity index (χ2v) is 9.81. The third kappa shape index (κ3) is 5.18. The van der Waals surface area contributed by atoms with Crippen LogP contribution in [0, 0.1) is 11.7 Å². The number of aromatic nitrogens is 2. The van der Waals surface area contributed by atoms with E-state index in [1.54, 1.807) is 6.07 Å². The Morgan fingerprint density at radius 1 is 1.21 bits per heavy atom. The third-order valence-electron chi connectivity index (χ3n) is 7.16. The number of halogens is 1. The van der Waals surface area contributed by atoms with Gasteiger partial charge in [0.15, 0.2) is 0 Å². The van der Waals surface area contributed by atoms with E-state index in [-0.39, 0.29) is 24.1 Å². The van der Waals surface area contributed by atoms with Crippen molar-refractivity contribution in [3.05, 3.63) is 60.2 Å². The number of rotatable bonds is 8. The lowest BCUT2D eigenvalue weighted by atomic mass is 10.00. The highest BCUT2D eigenvalue weighted by molar-refractivity contribution is 5.75. The highest BCUT2D eigenvalue weighted by Gasteiger charge is 2.26. The molecule has 7 heteroatoms. The summed E-state index contributed by atoms with van der Waals surface area (Å²) in [6.07, 6.45) is 7.89. The fraction of sp³-hybridized carbons (Fsp3) is 0.481. The van der Waals surface area contributed by atoms with Crippen LogP contribution in [0.4, 0.5) is 14.9 Å². The van der Waals surface area contributed by atoms with E-state index in [4.69, 9.17) is 4.74 Å². The van der Waals surface area contributed by atoms with E-state index in [0.29, 0.717) is 19.0 Å². The standard InChI is InChI=1S/C27H33FN4O2/c1-19(16-31-13-12-21-15-22(28)10-11-25(21)31)30-27(33)34-23(14-20-6-2-3-7-20)17-32-18-29-24-8-4-5-9-26(24)32/h4-5,8-11,15,18-20,23H,2-3,6-7,12-14,16-17H2,1H3,(H,30,33)/t19-,23+/m0/s1. The first-order chi connectivity index (χ1) is 16.5. The predicted molar refractivity (Wildman–Crippen MR) is 131 cm³/mol. The molecule has 3 aromatic rings.